The monoisotopic (exact) mass is 424 g/mol. The number of hydrogen-bond donors (Lipinski definition) is 2. The Morgan fingerprint density at radius 3 is 2.00 bits per heavy atom. The van der Waals surface area contributed by atoms with Crippen molar-refractivity contribution in [2.45, 2.75) is 13.3 Å². The minimum absolute atomic E-state index is 0.192. The summed E-state index contributed by atoms with van der Waals surface area (Å²) in [6.07, 6.45) is 0.727. The molecular formula is C23H18Cl2N2O2. The second-order valence-electron chi connectivity index (χ2n) is 6.61. The SMILES string of the molecule is CCc1c(-c2ccc(O)cc2)nn(-c2cccc(Cl)c2Cl)c1-c1ccc(O)cc1. The zero-order valence-corrected chi connectivity index (χ0v) is 17.1. The maximum Gasteiger partial charge on any atom is 0.115 e. The highest BCUT2D eigenvalue weighted by molar-refractivity contribution is 6.43. The molecule has 2 N–H and O–H groups in total. The molecule has 0 aliphatic heterocycles. The van der Waals surface area contributed by atoms with Crippen LogP contribution in [0.5, 0.6) is 11.5 Å². The number of benzene rings is 3. The third-order valence-electron chi connectivity index (χ3n) is 4.78. The molecule has 4 aromatic rings. The lowest BCUT2D eigenvalue weighted by atomic mass is 9.99. The molecule has 0 saturated carbocycles. The summed E-state index contributed by atoms with van der Waals surface area (Å²) in [7, 11) is 0. The van der Waals surface area contributed by atoms with E-state index in [2.05, 4.69) is 6.92 Å². The van der Waals surface area contributed by atoms with Gasteiger partial charge < -0.3 is 10.2 Å². The summed E-state index contributed by atoms with van der Waals surface area (Å²) in [5.74, 6) is 0.389. The average molecular weight is 425 g/mol. The summed E-state index contributed by atoms with van der Waals surface area (Å²) in [5, 5.41) is 25.1. The van der Waals surface area contributed by atoms with Gasteiger partial charge in [-0.15, -0.1) is 0 Å². The van der Waals surface area contributed by atoms with E-state index in [1.165, 1.54) is 0 Å². The van der Waals surface area contributed by atoms with E-state index in [1.807, 2.05) is 36.4 Å². The van der Waals surface area contributed by atoms with E-state index in [0.29, 0.717) is 15.7 Å². The molecule has 0 saturated heterocycles. The molecule has 6 heteroatoms. The summed E-state index contributed by atoms with van der Waals surface area (Å²) in [6, 6.07) is 19.4. The van der Waals surface area contributed by atoms with E-state index in [0.717, 1.165) is 34.5 Å². The highest BCUT2D eigenvalue weighted by atomic mass is 35.5. The van der Waals surface area contributed by atoms with Gasteiger partial charge in [0.1, 0.15) is 11.5 Å². The molecule has 29 heavy (non-hydrogen) atoms. The van der Waals surface area contributed by atoms with E-state index in [-0.39, 0.29) is 11.5 Å². The second kappa shape index (κ2) is 7.82. The summed E-state index contributed by atoms with van der Waals surface area (Å²) in [4.78, 5) is 0. The molecule has 0 spiro atoms. The van der Waals surface area contributed by atoms with Gasteiger partial charge >= 0.3 is 0 Å². The molecule has 0 bridgehead atoms. The Bertz CT molecular complexity index is 1170. The van der Waals surface area contributed by atoms with Crippen LogP contribution in [0.15, 0.2) is 66.7 Å². The molecule has 146 valence electrons. The number of phenolic OH excluding ortho intramolecular Hbond substituents is 2. The third kappa shape index (κ3) is 3.57. The van der Waals surface area contributed by atoms with E-state index >= 15 is 0 Å². The van der Waals surface area contributed by atoms with Gasteiger partial charge in [0.25, 0.3) is 0 Å². The van der Waals surface area contributed by atoms with Gasteiger partial charge in [0.2, 0.25) is 0 Å². The molecule has 3 aromatic carbocycles. The van der Waals surface area contributed by atoms with Crippen LogP contribution in [0.25, 0.3) is 28.2 Å². The van der Waals surface area contributed by atoms with Crippen molar-refractivity contribution in [2.24, 2.45) is 0 Å². The molecule has 0 unspecified atom stereocenters. The summed E-state index contributed by atoms with van der Waals surface area (Å²) in [5.41, 5.74) is 5.15. The number of halogens is 2. The molecule has 0 fully saturated rings. The molecule has 4 nitrogen and oxygen atoms in total. The van der Waals surface area contributed by atoms with Crippen molar-refractivity contribution >= 4 is 23.2 Å². The van der Waals surface area contributed by atoms with Crippen LogP contribution < -0.4 is 0 Å². The van der Waals surface area contributed by atoms with Crippen molar-refractivity contribution in [2.75, 3.05) is 0 Å². The molecule has 0 aliphatic carbocycles. The number of aromatic hydroxyl groups is 2. The van der Waals surface area contributed by atoms with Crippen molar-refractivity contribution in [3.8, 4) is 39.7 Å². The summed E-state index contributed by atoms with van der Waals surface area (Å²) < 4.78 is 1.79. The van der Waals surface area contributed by atoms with Crippen LogP contribution in [0.2, 0.25) is 10.0 Å². The van der Waals surface area contributed by atoms with Gasteiger partial charge in [0.05, 0.1) is 27.1 Å². The largest absolute Gasteiger partial charge is 0.508 e. The first-order valence-corrected chi connectivity index (χ1v) is 9.90. The number of nitrogens with zero attached hydrogens (tertiary/aromatic N) is 2. The Morgan fingerprint density at radius 1 is 0.828 bits per heavy atom. The van der Waals surface area contributed by atoms with Gasteiger partial charge in [-0.3, -0.25) is 0 Å². The van der Waals surface area contributed by atoms with Crippen LogP contribution in [0.3, 0.4) is 0 Å². The van der Waals surface area contributed by atoms with Gasteiger partial charge in [-0.2, -0.15) is 5.10 Å². The third-order valence-corrected chi connectivity index (χ3v) is 5.59. The second-order valence-corrected chi connectivity index (χ2v) is 7.39. The summed E-state index contributed by atoms with van der Waals surface area (Å²) >= 11 is 12.8. The first-order chi connectivity index (χ1) is 14.0. The predicted molar refractivity (Wildman–Crippen MR) is 117 cm³/mol. The fraction of sp³-hybridized carbons (Fsp3) is 0.0870. The van der Waals surface area contributed by atoms with Crippen molar-refractivity contribution in [3.63, 3.8) is 0 Å². The van der Waals surface area contributed by atoms with E-state index in [4.69, 9.17) is 28.3 Å². The molecule has 4 rings (SSSR count). The summed E-state index contributed by atoms with van der Waals surface area (Å²) in [6.45, 7) is 2.06. The number of aromatic nitrogens is 2. The zero-order valence-electron chi connectivity index (χ0n) is 15.6. The highest BCUT2D eigenvalue weighted by Crippen LogP contribution is 2.38. The van der Waals surface area contributed by atoms with Crippen molar-refractivity contribution in [1.29, 1.82) is 0 Å². The van der Waals surface area contributed by atoms with Crippen LogP contribution in [0, 0.1) is 0 Å². The molecular weight excluding hydrogens is 407 g/mol. The first-order valence-electron chi connectivity index (χ1n) is 9.14. The predicted octanol–water partition coefficient (Wildman–Crippen LogP) is 6.49. The molecule has 1 aromatic heterocycles. The van der Waals surface area contributed by atoms with Crippen molar-refractivity contribution < 1.29 is 10.2 Å². The smallest absolute Gasteiger partial charge is 0.115 e. The van der Waals surface area contributed by atoms with Crippen LogP contribution >= 0.6 is 23.2 Å². The topological polar surface area (TPSA) is 58.3 Å². The maximum atomic E-state index is 9.72. The van der Waals surface area contributed by atoms with E-state index in [9.17, 15) is 10.2 Å². The molecule has 1 heterocycles. The lowest BCUT2D eigenvalue weighted by molar-refractivity contribution is 0.475. The number of rotatable bonds is 4. The van der Waals surface area contributed by atoms with E-state index in [1.54, 1.807) is 35.0 Å². The lowest BCUT2D eigenvalue weighted by Gasteiger charge is -2.12. The Balaban J connectivity index is 2.04. The van der Waals surface area contributed by atoms with Crippen LogP contribution in [0.4, 0.5) is 0 Å². The fourth-order valence-electron chi connectivity index (χ4n) is 3.38. The minimum Gasteiger partial charge on any atom is -0.508 e. The maximum absolute atomic E-state index is 9.72. The number of phenols is 2. The van der Waals surface area contributed by atoms with E-state index < -0.39 is 0 Å². The average Bonchev–Trinajstić information content (AvgIpc) is 3.10. The van der Waals surface area contributed by atoms with Crippen molar-refractivity contribution in [3.05, 3.63) is 82.3 Å². The van der Waals surface area contributed by atoms with Gasteiger partial charge in [-0.1, -0.05) is 36.2 Å². The first kappa shape index (κ1) is 19.4. The molecule has 0 amide bonds. The number of hydrogen-bond acceptors (Lipinski definition) is 3. The van der Waals surface area contributed by atoms with Gasteiger partial charge in [0.15, 0.2) is 0 Å². The standard InChI is InChI=1S/C23H18Cl2N2O2/c1-2-18-22(14-6-10-16(28)11-7-14)26-27(20-5-3-4-19(24)21(20)25)23(18)15-8-12-17(29)13-9-15/h3-13,28-29H,2H2,1H3. The molecule has 0 radical (unpaired) electrons. The fourth-order valence-corrected chi connectivity index (χ4v) is 3.76. The van der Waals surface area contributed by atoms with Gasteiger partial charge in [-0.05, 0) is 67.1 Å². The van der Waals surface area contributed by atoms with Gasteiger partial charge in [-0.25, -0.2) is 4.68 Å². The minimum atomic E-state index is 0.192. The normalized spacial score (nSPS) is 11.0. The Hall–Kier alpha value is -2.95. The van der Waals surface area contributed by atoms with Crippen molar-refractivity contribution in [1.82, 2.24) is 9.78 Å². The van der Waals surface area contributed by atoms with Crippen LogP contribution in [0.1, 0.15) is 12.5 Å². The molecule has 0 aliphatic rings. The van der Waals surface area contributed by atoms with Crippen LogP contribution in [-0.2, 0) is 6.42 Å². The Morgan fingerprint density at radius 2 is 1.41 bits per heavy atom. The molecule has 0 atom stereocenters. The van der Waals surface area contributed by atoms with Gasteiger partial charge in [0, 0.05) is 16.7 Å². The Kier molecular flexibility index (Phi) is 5.22. The lowest BCUT2D eigenvalue weighted by Crippen LogP contribution is -2.01. The van der Waals surface area contributed by atoms with Crippen LogP contribution in [-0.4, -0.2) is 20.0 Å². The Labute approximate surface area is 178 Å². The zero-order chi connectivity index (χ0) is 20.5. The highest BCUT2D eigenvalue weighted by Gasteiger charge is 2.22. The quantitative estimate of drug-likeness (QED) is 0.393.